The van der Waals surface area contributed by atoms with Crippen LogP contribution in [0.15, 0.2) is 30.3 Å². The molecule has 0 fully saturated rings. The van der Waals surface area contributed by atoms with E-state index in [0.29, 0.717) is 18.5 Å². The minimum atomic E-state index is -1.07. The summed E-state index contributed by atoms with van der Waals surface area (Å²) in [5.74, 6) is -0.209. The SMILES string of the molecule is CC(O)(CCCO)CNC(=O)c1cc(-c2ccc(O)cc2)n[nH]1. The Kier molecular flexibility index (Phi) is 5.36. The maximum Gasteiger partial charge on any atom is 0.269 e. The van der Waals surface area contributed by atoms with Gasteiger partial charge in [0, 0.05) is 18.7 Å². The Labute approximate surface area is 134 Å². The molecule has 2 rings (SSSR count). The second-order valence-electron chi connectivity index (χ2n) is 5.72. The molecule has 5 N–H and O–H groups in total. The lowest BCUT2D eigenvalue weighted by Gasteiger charge is -2.22. The maximum atomic E-state index is 12.1. The highest BCUT2D eigenvalue weighted by molar-refractivity contribution is 5.93. The molecule has 1 aromatic heterocycles. The van der Waals surface area contributed by atoms with Gasteiger partial charge in [-0.1, -0.05) is 0 Å². The minimum Gasteiger partial charge on any atom is -0.508 e. The van der Waals surface area contributed by atoms with Crippen LogP contribution >= 0.6 is 0 Å². The summed E-state index contributed by atoms with van der Waals surface area (Å²) in [7, 11) is 0. The van der Waals surface area contributed by atoms with Crippen LogP contribution in [0.2, 0.25) is 0 Å². The number of carbonyl (C=O) groups is 1. The van der Waals surface area contributed by atoms with Gasteiger partial charge < -0.3 is 20.6 Å². The predicted molar refractivity (Wildman–Crippen MR) is 85.0 cm³/mol. The smallest absolute Gasteiger partial charge is 0.269 e. The number of aromatic nitrogens is 2. The lowest BCUT2D eigenvalue weighted by Crippen LogP contribution is -2.40. The Morgan fingerprint density at radius 1 is 1.35 bits per heavy atom. The summed E-state index contributed by atoms with van der Waals surface area (Å²) in [6.45, 7) is 1.69. The van der Waals surface area contributed by atoms with E-state index in [9.17, 15) is 15.0 Å². The van der Waals surface area contributed by atoms with Crippen LogP contribution in [0, 0.1) is 0 Å². The number of nitrogens with one attached hydrogen (secondary N) is 2. The normalized spacial score (nSPS) is 13.5. The van der Waals surface area contributed by atoms with E-state index in [1.54, 1.807) is 37.3 Å². The number of phenols is 1. The molecule has 0 spiro atoms. The molecule has 0 aliphatic carbocycles. The summed E-state index contributed by atoms with van der Waals surface area (Å²) in [6, 6.07) is 8.09. The van der Waals surface area contributed by atoms with Gasteiger partial charge >= 0.3 is 0 Å². The van der Waals surface area contributed by atoms with E-state index in [0.717, 1.165) is 5.56 Å². The third-order valence-electron chi connectivity index (χ3n) is 3.49. The summed E-state index contributed by atoms with van der Waals surface area (Å²) in [5, 5.41) is 37.5. The molecule has 7 heteroatoms. The Balaban J connectivity index is 1.97. The van der Waals surface area contributed by atoms with Crippen molar-refractivity contribution >= 4 is 5.91 Å². The van der Waals surface area contributed by atoms with Crippen LogP contribution < -0.4 is 5.32 Å². The van der Waals surface area contributed by atoms with Crippen molar-refractivity contribution in [3.8, 4) is 17.0 Å². The van der Waals surface area contributed by atoms with Crippen LogP contribution in [0.1, 0.15) is 30.3 Å². The second-order valence-corrected chi connectivity index (χ2v) is 5.72. The van der Waals surface area contributed by atoms with E-state index < -0.39 is 5.60 Å². The Hall–Kier alpha value is -2.38. The Morgan fingerprint density at radius 2 is 2.04 bits per heavy atom. The fourth-order valence-electron chi connectivity index (χ4n) is 2.13. The number of aliphatic hydroxyl groups excluding tert-OH is 1. The highest BCUT2D eigenvalue weighted by atomic mass is 16.3. The van der Waals surface area contributed by atoms with Gasteiger partial charge in [-0.15, -0.1) is 0 Å². The molecule has 2 aromatic rings. The van der Waals surface area contributed by atoms with Crippen LogP contribution in [0.4, 0.5) is 0 Å². The molecule has 1 unspecified atom stereocenters. The molecular formula is C16H21N3O4. The number of benzene rings is 1. The summed E-state index contributed by atoms with van der Waals surface area (Å²) in [6.07, 6.45) is 0.865. The zero-order chi connectivity index (χ0) is 16.9. The number of aromatic hydroxyl groups is 1. The molecule has 1 heterocycles. The third kappa shape index (κ3) is 4.80. The lowest BCUT2D eigenvalue weighted by molar-refractivity contribution is 0.0414. The van der Waals surface area contributed by atoms with Gasteiger partial charge in [-0.2, -0.15) is 5.10 Å². The number of H-pyrrole nitrogens is 1. The van der Waals surface area contributed by atoms with Crippen molar-refractivity contribution in [1.29, 1.82) is 0 Å². The number of aromatic amines is 1. The summed E-state index contributed by atoms with van der Waals surface area (Å²) in [5.41, 5.74) is 0.569. The van der Waals surface area contributed by atoms with E-state index in [1.165, 1.54) is 0 Å². The molecule has 0 bridgehead atoms. The Morgan fingerprint density at radius 3 is 2.70 bits per heavy atom. The van der Waals surface area contributed by atoms with Crippen molar-refractivity contribution < 1.29 is 20.1 Å². The van der Waals surface area contributed by atoms with Crippen LogP contribution in [0.25, 0.3) is 11.3 Å². The molecule has 0 aliphatic rings. The molecule has 0 aliphatic heterocycles. The van der Waals surface area contributed by atoms with Crippen molar-refractivity contribution in [3.63, 3.8) is 0 Å². The van der Waals surface area contributed by atoms with E-state index in [-0.39, 0.29) is 30.5 Å². The van der Waals surface area contributed by atoms with E-state index in [1.807, 2.05) is 0 Å². The molecule has 124 valence electrons. The van der Waals surface area contributed by atoms with Gasteiger partial charge in [0.05, 0.1) is 11.3 Å². The Bertz CT molecular complexity index is 650. The quantitative estimate of drug-likeness (QED) is 0.522. The monoisotopic (exact) mass is 319 g/mol. The number of carbonyl (C=O) groups excluding carboxylic acids is 1. The number of hydrogen-bond donors (Lipinski definition) is 5. The molecular weight excluding hydrogens is 298 g/mol. The fraction of sp³-hybridized carbons (Fsp3) is 0.375. The minimum absolute atomic E-state index is 0.000630. The van der Waals surface area contributed by atoms with Crippen LogP contribution in [-0.2, 0) is 0 Å². The first-order valence-corrected chi connectivity index (χ1v) is 7.37. The highest BCUT2D eigenvalue weighted by Crippen LogP contribution is 2.20. The number of amides is 1. The molecule has 7 nitrogen and oxygen atoms in total. The number of aliphatic hydroxyl groups is 2. The average Bonchev–Trinajstić information content (AvgIpc) is 3.01. The van der Waals surface area contributed by atoms with Gasteiger partial charge in [-0.3, -0.25) is 9.89 Å². The van der Waals surface area contributed by atoms with Gasteiger partial charge in [0.2, 0.25) is 0 Å². The van der Waals surface area contributed by atoms with Crippen molar-refractivity contribution in [1.82, 2.24) is 15.5 Å². The fourth-order valence-corrected chi connectivity index (χ4v) is 2.13. The van der Waals surface area contributed by atoms with Gasteiger partial charge in [-0.25, -0.2) is 0 Å². The van der Waals surface area contributed by atoms with Crippen LogP contribution in [0.5, 0.6) is 5.75 Å². The first-order chi connectivity index (χ1) is 10.9. The molecule has 0 radical (unpaired) electrons. The van der Waals surface area contributed by atoms with E-state index >= 15 is 0 Å². The predicted octanol–water partition coefficient (Wildman–Crippen LogP) is 1.04. The zero-order valence-electron chi connectivity index (χ0n) is 12.9. The maximum absolute atomic E-state index is 12.1. The zero-order valence-corrected chi connectivity index (χ0v) is 12.9. The first kappa shape index (κ1) is 17.0. The molecule has 1 aromatic carbocycles. The van der Waals surface area contributed by atoms with Gasteiger partial charge in [0.15, 0.2) is 0 Å². The van der Waals surface area contributed by atoms with Crippen molar-refractivity contribution in [2.75, 3.05) is 13.2 Å². The van der Waals surface area contributed by atoms with Crippen LogP contribution in [0.3, 0.4) is 0 Å². The third-order valence-corrected chi connectivity index (χ3v) is 3.49. The van der Waals surface area contributed by atoms with Gasteiger partial charge in [0.25, 0.3) is 5.91 Å². The van der Waals surface area contributed by atoms with Gasteiger partial charge in [-0.05, 0) is 50.1 Å². The molecule has 1 atom stereocenters. The summed E-state index contributed by atoms with van der Waals surface area (Å²) < 4.78 is 0. The van der Waals surface area contributed by atoms with Crippen molar-refractivity contribution in [2.24, 2.45) is 0 Å². The molecule has 0 saturated heterocycles. The van der Waals surface area contributed by atoms with E-state index in [2.05, 4.69) is 15.5 Å². The molecule has 23 heavy (non-hydrogen) atoms. The first-order valence-electron chi connectivity index (χ1n) is 7.37. The highest BCUT2D eigenvalue weighted by Gasteiger charge is 2.21. The number of hydrogen-bond acceptors (Lipinski definition) is 5. The summed E-state index contributed by atoms with van der Waals surface area (Å²) >= 11 is 0. The largest absolute Gasteiger partial charge is 0.508 e. The van der Waals surface area contributed by atoms with Crippen LogP contribution in [-0.4, -0.2) is 50.2 Å². The number of phenolic OH excluding ortho intramolecular Hbond substituents is 1. The topological polar surface area (TPSA) is 118 Å². The van der Waals surface area contributed by atoms with Crippen molar-refractivity contribution in [2.45, 2.75) is 25.4 Å². The van der Waals surface area contributed by atoms with E-state index in [4.69, 9.17) is 5.11 Å². The lowest BCUT2D eigenvalue weighted by atomic mass is 10.0. The second kappa shape index (κ2) is 7.26. The number of rotatable bonds is 7. The standard InChI is InChI=1S/C16H21N3O4/c1-16(23,7-2-8-20)10-17-15(22)14-9-13(18-19-14)11-3-5-12(21)6-4-11/h3-6,9,20-21,23H,2,7-8,10H2,1H3,(H,17,22)(H,18,19). The molecule has 1 amide bonds. The van der Waals surface area contributed by atoms with Gasteiger partial charge in [0.1, 0.15) is 11.4 Å². The summed E-state index contributed by atoms with van der Waals surface area (Å²) in [4.78, 5) is 12.1. The average molecular weight is 319 g/mol. The molecule has 0 saturated carbocycles. The van der Waals surface area contributed by atoms with Crippen molar-refractivity contribution in [3.05, 3.63) is 36.0 Å². The number of nitrogens with zero attached hydrogens (tertiary/aromatic N) is 1.